The fourth-order valence-corrected chi connectivity index (χ4v) is 1.96. The standard InChI is InChI=1S/C11H17N5O3/c17-10(18)8-16-7-9(6-12-16)13-11(19)14-15-4-2-1-3-5-15/h6-7H,1-5,8H2,(H,17,18)(H2,13,14,19). The Hall–Kier alpha value is -2.09. The number of anilines is 1. The number of carboxylic acids is 1. The Balaban J connectivity index is 1.81. The molecule has 104 valence electrons. The first-order valence-corrected chi connectivity index (χ1v) is 6.20. The van der Waals surface area contributed by atoms with Crippen molar-refractivity contribution in [3.63, 3.8) is 0 Å². The van der Waals surface area contributed by atoms with Crippen molar-refractivity contribution in [2.45, 2.75) is 25.8 Å². The molecule has 0 aromatic carbocycles. The maximum atomic E-state index is 11.7. The Morgan fingerprint density at radius 1 is 1.32 bits per heavy atom. The van der Waals surface area contributed by atoms with Crippen molar-refractivity contribution in [2.75, 3.05) is 18.4 Å². The van der Waals surface area contributed by atoms with Gasteiger partial charge < -0.3 is 10.4 Å². The highest BCUT2D eigenvalue weighted by atomic mass is 16.4. The van der Waals surface area contributed by atoms with E-state index in [-0.39, 0.29) is 12.6 Å². The summed E-state index contributed by atoms with van der Waals surface area (Å²) in [5.41, 5.74) is 3.22. The van der Waals surface area contributed by atoms with Crippen LogP contribution in [0.15, 0.2) is 12.4 Å². The van der Waals surface area contributed by atoms with Crippen LogP contribution in [0, 0.1) is 0 Å². The molecule has 0 spiro atoms. The Bertz CT molecular complexity index is 453. The van der Waals surface area contributed by atoms with Crippen LogP contribution in [0.25, 0.3) is 0 Å². The van der Waals surface area contributed by atoms with Crippen LogP contribution in [0.3, 0.4) is 0 Å². The number of carboxylic acid groups (broad SMARTS) is 1. The first kappa shape index (κ1) is 13.3. The summed E-state index contributed by atoms with van der Waals surface area (Å²) < 4.78 is 1.25. The van der Waals surface area contributed by atoms with Gasteiger partial charge in [0.25, 0.3) is 0 Å². The summed E-state index contributed by atoms with van der Waals surface area (Å²) in [5.74, 6) is -0.979. The van der Waals surface area contributed by atoms with E-state index in [4.69, 9.17) is 5.11 Å². The van der Waals surface area contributed by atoms with Crippen LogP contribution in [-0.2, 0) is 11.3 Å². The molecule has 0 atom stereocenters. The molecule has 1 fully saturated rings. The number of aliphatic carboxylic acids is 1. The third kappa shape index (κ3) is 4.25. The fraction of sp³-hybridized carbons (Fsp3) is 0.545. The van der Waals surface area contributed by atoms with Gasteiger partial charge in [0.15, 0.2) is 0 Å². The molecule has 8 heteroatoms. The molecule has 1 aromatic rings. The Labute approximate surface area is 110 Å². The smallest absolute Gasteiger partial charge is 0.333 e. The van der Waals surface area contributed by atoms with Gasteiger partial charge >= 0.3 is 12.0 Å². The topological polar surface area (TPSA) is 99.5 Å². The second-order valence-corrected chi connectivity index (χ2v) is 4.43. The van der Waals surface area contributed by atoms with Crippen LogP contribution in [0.5, 0.6) is 0 Å². The van der Waals surface area contributed by atoms with E-state index in [0.717, 1.165) is 25.9 Å². The van der Waals surface area contributed by atoms with Crippen molar-refractivity contribution < 1.29 is 14.7 Å². The van der Waals surface area contributed by atoms with E-state index in [1.54, 1.807) is 0 Å². The van der Waals surface area contributed by atoms with Crippen LogP contribution in [0.1, 0.15) is 19.3 Å². The minimum absolute atomic E-state index is 0.227. The van der Waals surface area contributed by atoms with Crippen molar-refractivity contribution in [1.29, 1.82) is 0 Å². The lowest BCUT2D eigenvalue weighted by Gasteiger charge is -2.26. The summed E-state index contributed by atoms with van der Waals surface area (Å²) in [7, 11) is 0. The van der Waals surface area contributed by atoms with Crippen LogP contribution in [-0.4, -0.2) is 45.0 Å². The van der Waals surface area contributed by atoms with E-state index in [1.165, 1.54) is 23.5 Å². The zero-order valence-corrected chi connectivity index (χ0v) is 10.5. The number of carbonyl (C=O) groups is 2. The molecule has 1 aliphatic rings. The molecule has 1 aromatic heterocycles. The lowest BCUT2D eigenvalue weighted by molar-refractivity contribution is -0.137. The molecule has 0 saturated carbocycles. The average molecular weight is 267 g/mol. The molecule has 2 heterocycles. The fourth-order valence-electron chi connectivity index (χ4n) is 1.96. The molecule has 1 saturated heterocycles. The Morgan fingerprint density at radius 2 is 2.05 bits per heavy atom. The zero-order chi connectivity index (χ0) is 13.7. The number of amides is 2. The average Bonchev–Trinajstić information content (AvgIpc) is 2.76. The highest BCUT2D eigenvalue weighted by molar-refractivity contribution is 5.88. The maximum absolute atomic E-state index is 11.7. The minimum Gasteiger partial charge on any atom is -0.480 e. The van der Waals surface area contributed by atoms with E-state index in [2.05, 4.69) is 15.8 Å². The lowest BCUT2D eigenvalue weighted by Crippen LogP contribution is -2.46. The molecule has 0 radical (unpaired) electrons. The molecule has 3 N–H and O–H groups in total. The minimum atomic E-state index is -0.979. The lowest BCUT2D eigenvalue weighted by atomic mass is 10.2. The monoisotopic (exact) mass is 267 g/mol. The van der Waals surface area contributed by atoms with Crippen molar-refractivity contribution >= 4 is 17.7 Å². The van der Waals surface area contributed by atoms with Gasteiger partial charge in [0, 0.05) is 19.3 Å². The normalized spacial score (nSPS) is 16.0. The largest absolute Gasteiger partial charge is 0.480 e. The second-order valence-electron chi connectivity index (χ2n) is 4.43. The van der Waals surface area contributed by atoms with Gasteiger partial charge in [-0.2, -0.15) is 5.10 Å². The number of urea groups is 1. The van der Waals surface area contributed by atoms with Crippen molar-refractivity contribution in [2.24, 2.45) is 0 Å². The number of piperidine rings is 1. The third-order valence-electron chi connectivity index (χ3n) is 2.80. The van der Waals surface area contributed by atoms with Gasteiger partial charge in [-0.05, 0) is 12.8 Å². The zero-order valence-electron chi connectivity index (χ0n) is 10.5. The number of hydrogen-bond acceptors (Lipinski definition) is 4. The first-order chi connectivity index (χ1) is 9.13. The van der Waals surface area contributed by atoms with Gasteiger partial charge in [-0.15, -0.1) is 0 Å². The van der Waals surface area contributed by atoms with E-state index in [9.17, 15) is 9.59 Å². The van der Waals surface area contributed by atoms with Gasteiger partial charge in [0.05, 0.1) is 11.9 Å². The Morgan fingerprint density at radius 3 is 2.74 bits per heavy atom. The van der Waals surface area contributed by atoms with E-state index < -0.39 is 5.97 Å². The number of carbonyl (C=O) groups excluding carboxylic acids is 1. The molecular formula is C11H17N5O3. The van der Waals surface area contributed by atoms with Crippen molar-refractivity contribution in [3.05, 3.63) is 12.4 Å². The van der Waals surface area contributed by atoms with Gasteiger partial charge in [-0.3, -0.25) is 14.9 Å². The molecule has 2 amide bonds. The van der Waals surface area contributed by atoms with Crippen LogP contribution in [0.4, 0.5) is 10.5 Å². The summed E-state index contributed by atoms with van der Waals surface area (Å²) >= 11 is 0. The molecule has 8 nitrogen and oxygen atoms in total. The highest BCUT2D eigenvalue weighted by Gasteiger charge is 2.13. The quantitative estimate of drug-likeness (QED) is 0.737. The molecule has 19 heavy (non-hydrogen) atoms. The maximum Gasteiger partial charge on any atom is 0.333 e. The van der Waals surface area contributed by atoms with E-state index in [1.807, 2.05) is 5.01 Å². The van der Waals surface area contributed by atoms with Crippen molar-refractivity contribution in [3.8, 4) is 0 Å². The summed E-state index contributed by atoms with van der Waals surface area (Å²) in [5, 5.41) is 16.9. The van der Waals surface area contributed by atoms with Crippen LogP contribution >= 0.6 is 0 Å². The summed E-state index contributed by atoms with van der Waals surface area (Å²) in [6.45, 7) is 1.48. The number of aromatic nitrogens is 2. The van der Waals surface area contributed by atoms with Crippen LogP contribution in [0.2, 0.25) is 0 Å². The summed E-state index contributed by atoms with van der Waals surface area (Å²) in [4.78, 5) is 22.2. The first-order valence-electron chi connectivity index (χ1n) is 6.20. The number of rotatable bonds is 4. The van der Waals surface area contributed by atoms with E-state index in [0.29, 0.717) is 5.69 Å². The molecule has 0 aliphatic carbocycles. The number of hydrazine groups is 1. The molecule has 2 rings (SSSR count). The molecular weight excluding hydrogens is 250 g/mol. The SMILES string of the molecule is O=C(O)Cn1cc(NC(=O)NN2CCCCC2)cn1. The van der Waals surface area contributed by atoms with Gasteiger partial charge in [-0.25, -0.2) is 9.80 Å². The Kier molecular flexibility index (Phi) is 4.35. The van der Waals surface area contributed by atoms with Gasteiger partial charge in [0.1, 0.15) is 6.54 Å². The molecule has 1 aliphatic heterocycles. The number of nitrogens with one attached hydrogen (secondary N) is 2. The predicted molar refractivity (Wildman–Crippen MR) is 67.4 cm³/mol. The molecule has 0 unspecified atom stereocenters. The predicted octanol–water partition coefficient (Wildman–Crippen LogP) is 0.490. The summed E-state index contributed by atoms with van der Waals surface area (Å²) in [6.07, 6.45) is 6.25. The van der Waals surface area contributed by atoms with Crippen LogP contribution < -0.4 is 10.7 Å². The second kappa shape index (κ2) is 6.19. The van der Waals surface area contributed by atoms with Gasteiger partial charge in [0.2, 0.25) is 0 Å². The number of nitrogens with zero attached hydrogens (tertiary/aromatic N) is 3. The van der Waals surface area contributed by atoms with Gasteiger partial charge in [-0.1, -0.05) is 6.42 Å². The van der Waals surface area contributed by atoms with E-state index >= 15 is 0 Å². The molecule has 0 bridgehead atoms. The third-order valence-corrected chi connectivity index (χ3v) is 2.80. The highest BCUT2D eigenvalue weighted by Crippen LogP contribution is 2.07. The number of hydrogen-bond donors (Lipinski definition) is 3. The van der Waals surface area contributed by atoms with Crippen molar-refractivity contribution in [1.82, 2.24) is 20.2 Å². The summed E-state index contributed by atoms with van der Waals surface area (Å²) in [6, 6.07) is -0.336.